The number of halogens is 2. The lowest BCUT2D eigenvalue weighted by Gasteiger charge is -2.36. The SMILES string of the molecule is Fc1ccc(N2CCN(c3cc(CNCc4ccccc4F)ccn3)CC2)cc1. The van der Waals surface area contributed by atoms with Gasteiger partial charge in [0.05, 0.1) is 0 Å². The summed E-state index contributed by atoms with van der Waals surface area (Å²) < 4.78 is 26.8. The van der Waals surface area contributed by atoms with Crippen LogP contribution in [0.4, 0.5) is 20.3 Å². The smallest absolute Gasteiger partial charge is 0.128 e. The molecule has 0 spiro atoms. The summed E-state index contributed by atoms with van der Waals surface area (Å²) in [6, 6.07) is 17.5. The van der Waals surface area contributed by atoms with Crippen LogP contribution in [0.1, 0.15) is 11.1 Å². The fourth-order valence-corrected chi connectivity index (χ4v) is 3.57. The Morgan fingerprint density at radius 3 is 2.31 bits per heavy atom. The molecule has 3 aromatic rings. The first-order valence-electron chi connectivity index (χ1n) is 9.83. The van der Waals surface area contributed by atoms with E-state index in [9.17, 15) is 8.78 Å². The fraction of sp³-hybridized carbons (Fsp3) is 0.261. The van der Waals surface area contributed by atoms with Crippen molar-refractivity contribution in [2.75, 3.05) is 36.0 Å². The topological polar surface area (TPSA) is 31.4 Å². The van der Waals surface area contributed by atoms with Gasteiger partial charge in [-0.15, -0.1) is 0 Å². The second kappa shape index (κ2) is 9.01. The number of nitrogens with zero attached hydrogens (tertiary/aromatic N) is 3. The highest BCUT2D eigenvalue weighted by Gasteiger charge is 2.18. The van der Waals surface area contributed by atoms with Gasteiger partial charge in [-0.3, -0.25) is 0 Å². The summed E-state index contributed by atoms with van der Waals surface area (Å²) in [6.45, 7) is 4.58. The zero-order chi connectivity index (χ0) is 20.1. The maximum absolute atomic E-state index is 13.7. The van der Waals surface area contributed by atoms with Crippen molar-refractivity contribution < 1.29 is 8.78 Å². The van der Waals surface area contributed by atoms with Gasteiger partial charge in [-0.2, -0.15) is 0 Å². The van der Waals surface area contributed by atoms with Crippen molar-refractivity contribution in [3.05, 3.63) is 89.6 Å². The van der Waals surface area contributed by atoms with Crippen molar-refractivity contribution in [3.8, 4) is 0 Å². The van der Waals surface area contributed by atoms with Gasteiger partial charge in [0, 0.05) is 56.7 Å². The van der Waals surface area contributed by atoms with E-state index >= 15 is 0 Å². The predicted octanol–water partition coefficient (Wildman–Crippen LogP) is 3.98. The molecule has 150 valence electrons. The van der Waals surface area contributed by atoms with E-state index in [2.05, 4.69) is 26.2 Å². The molecule has 2 aromatic carbocycles. The van der Waals surface area contributed by atoms with Crippen LogP contribution in [0.15, 0.2) is 66.9 Å². The minimum absolute atomic E-state index is 0.186. The van der Waals surface area contributed by atoms with E-state index in [-0.39, 0.29) is 11.6 Å². The predicted molar refractivity (Wildman–Crippen MR) is 112 cm³/mol. The van der Waals surface area contributed by atoms with Crippen molar-refractivity contribution in [3.63, 3.8) is 0 Å². The normalized spacial score (nSPS) is 14.3. The van der Waals surface area contributed by atoms with Crippen LogP contribution in [0.2, 0.25) is 0 Å². The number of anilines is 2. The Bertz CT molecular complexity index is 938. The molecule has 4 rings (SSSR count). The Morgan fingerprint density at radius 2 is 1.55 bits per heavy atom. The molecule has 0 aliphatic carbocycles. The minimum atomic E-state index is -0.211. The number of benzene rings is 2. The molecule has 0 atom stereocenters. The van der Waals surface area contributed by atoms with Gasteiger partial charge in [0.25, 0.3) is 0 Å². The van der Waals surface area contributed by atoms with Gasteiger partial charge in [0.2, 0.25) is 0 Å². The first-order chi connectivity index (χ1) is 14.2. The maximum atomic E-state index is 13.7. The highest BCUT2D eigenvalue weighted by Crippen LogP contribution is 2.20. The van der Waals surface area contributed by atoms with Crippen LogP contribution in [-0.2, 0) is 13.1 Å². The summed E-state index contributed by atoms with van der Waals surface area (Å²) in [5.74, 6) is 0.556. The van der Waals surface area contributed by atoms with Crippen LogP contribution in [0, 0.1) is 11.6 Å². The molecular formula is C23H24F2N4. The maximum Gasteiger partial charge on any atom is 0.128 e. The summed E-state index contributed by atoms with van der Waals surface area (Å²) in [4.78, 5) is 9.05. The molecule has 1 aromatic heterocycles. The zero-order valence-corrected chi connectivity index (χ0v) is 16.2. The average Bonchev–Trinajstić information content (AvgIpc) is 2.76. The van der Waals surface area contributed by atoms with E-state index < -0.39 is 0 Å². The van der Waals surface area contributed by atoms with Gasteiger partial charge in [0.1, 0.15) is 17.5 Å². The summed E-state index contributed by atoms with van der Waals surface area (Å²) in [7, 11) is 0. The van der Waals surface area contributed by atoms with Crippen LogP contribution >= 0.6 is 0 Å². The van der Waals surface area contributed by atoms with Crippen LogP contribution < -0.4 is 15.1 Å². The average molecular weight is 394 g/mol. The molecule has 29 heavy (non-hydrogen) atoms. The number of piperazine rings is 1. The highest BCUT2D eigenvalue weighted by atomic mass is 19.1. The van der Waals surface area contributed by atoms with Gasteiger partial charge >= 0.3 is 0 Å². The zero-order valence-electron chi connectivity index (χ0n) is 16.2. The monoisotopic (exact) mass is 394 g/mol. The van der Waals surface area contributed by atoms with Crippen molar-refractivity contribution >= 4 is 11.5 Å². The van der Waals surface area contributed by atoms with Gasteiger partial charge in [-0.25, -0.2) is 13.8 Å². The molecule has 0 bridgehead atoms. The Labute approximate surface area is 169 Å². The van der Waals surface area contributed by atoms with E-state index in [1.165, 1.54) is 18.2 Å². The Kier molecular flexibility index (Phi) is 6.00. The molecule has 0 unspecified atom stereocenters. The Hall–Kier alpha value is -2.99. The molecule has 4 nitrogen and oxygen atoms in total. The molecule has 1 aliphatic rings. The van der Waals surface area contributed by atoms with Crippen LogP contribution in [0.5, 0.6) is 0 Å². The first-order valence-corrected chi connectivity index (χ1v) is 9.83. The molecular weight excluding hydrogens is 370 g/mol. The van der Waals surface area contributed by atoms with Crippen LogP contribution in [0.3, 0.4) is 0 Å². The second-order valence-corrected chi connectivity index (χ2v) is 7.17. The molecule has 1 N–H and O–H groups in total. The number of hydrogen-bond acceptors (Lipinski definition) is 4. The third kappa shape index (κ3) is 4.90. The van der Waals surface area contributed by atoms with E-state index in [4.69, 9.17) is 0 Å². The fourth-order valence-electron chi connectivity index (χ4n) is 3.57. The lowest BCUT2D eigenvalue weighted by Crippen LogP contribution is -2.46. The number of rotatable bonds is 6. The van der Waals surface area contributed by atoms with E-state index in [1.54, 1.807) is 12.1 Å². The van der Waals surface area contributed by atoms with Crippen LogP contribution in [0.25, 0.3) is 0 Å². The molecule has 1 aliphatic heterocycles. The first kappa shape index (κ1) is 19.3. The number of nitrogens with one attached hydrogen (secondary N) is 1. The molecule has 6 heteroatoms. The molecule has 1 fully saturated rings. The van der Waals surface area contributed by atoms with Gasteiger partial charge < -0.3 is 15.1 Å². The third-order valence-electron chi connectivity index (χ3n) is 5.21. The van der Waals surface area contributed by atoms with Crippen molar-refractivity contribution in [1.82, 2.24) is 10.3 Å². The molecule has 1 saturated heterocycles. The summed E-state index contributed by atoms with van der Waals surface area (Å²) in [5, 5.41) is 3.30. The van der Waals surface area contributed by atoms with Crippen LogP contribution in [-0.4, -0.2) is 31.2 Å². The standard InChI is InChI=1S/C23H24F2N4/c24-20-5-7-21(8-6-20)28-11-13-29(14-12-28)23-15-18(9-10-27-23)16-26-17-19-3-1-2-4-22(19)25/h1-10,15,26H,11-14,16-17H2. The quantitative estimate of drug-likeness (QED) is 0.685. The van der Waals surface area contributed by atoms with E-state index in [0.717, 1.165) is 43.2 Å². The number of hydrogen-bond donors (Lipinski definition) is 1. The van der Waals surface area contributed by atoms with Gasteiger partial charge in [0.15, 0.2) is 0 Å². The summed E-state index contributed by atoms with van der Waals surface area (Å²) in [5.41, 5.74) is 2.83. The third-order valence-corrected chi connectivity index (χ3v) is 5.21. The molecule has 0 radical (unpaired) electrons. The minimum Gasteiger partial charge on any atom is -0.368 e. The number of aromatic nitrogens is 1. The van der Waals surface area contributed by atoms with Gasteiger partial charge in [-0.1, -0.05) is 18.2 Å². The lowest BCUT2D eigenvalue weighted by molar-refractivity contribution is 0.587. The number of pyridine rings is 1. The van der Waals surface area contributed by atoms with Crippen molar-refractivity contribution in [2.45, 2.75) is 13.1 Å². The Morgan fingerprint density at radius 1 is 0.828 bits per heavy atom. The second-order valence-electron chi connectivity index (χ2n) is 7.17. The molecule has 0 amide bonds. The lowest BCUT2D eigenvalue weighted by atomic mass is 10.2. The van der Waals surface area contributed by atoms with Crippen molar-refractivity contribution in [1.29, 1.82) is 0 Å². The largest absolute Gasteiger partial charge is 0.368 e. The summed E-state index contributed by atoms with van der Waals surface area (Å²) in [6.07, 6.45) is 1.82. The van der Waals surface area contributed by atoms with E-state index in [0.29, 0.717) is 18.7 Å². The summed E-state index contributed by atoms with van der Waals surface area (Å²) >= 11 is 0. The Balaban J connectivity index is 1.32. The molecule has 0 saturated carbocycles. The molecule has 2 heterocycles. The van der Waals surface area contributed by atoms with E-state index in [1.807, 2.05) is 30.5 Å². The highest BCUT2D eigenvalue weighted by molar-refractivity contribution is 5.49. The van der Waals surface area contributed by atoms with Gasteiger partial charge in [-0.05, 0) is 48.0 Å². The van der Waals surface area contributed by atoms with Crippen molar-refractivity contribution in [2.24, 2.45) is 0 Å².